The second-order valence-corrected chi connectivity index (χ2v) is 9.05. The molecule has 0 aromatic heterocycles. The highest BCUT2D eigenvalue weighted by Gasteiger charge is 2.30. The third-order valence-electron chi connectivity index (χ3n) is 4.96. The number of hydrogen-bond donors (Lipinski definition) is 2. The topological polar surface area (TPSA) is 95.6 Å². The zero-order chi connectivity index (χ0) is 21.9. The van der Waals surface area contributed by atoms with E-state index < -0.39 is 10.0 Å². The molecule has 1 atom stereocenters. The van der Waals surface area contributed by atoms with Gasteiger partial charge in [-0.3, -0.25) is 9.59 Å². The molecule has 2 amide bonds. The molecule has 0 spiro atoms. The van der Waals surface area contributed by atoms with Gasteiger partial charge >= 0.3 is 0 Å². The van der Waals surface area contributed by atoms with Crippen LogP contribution in [-0.4, -0.2) is 32.8 Å². The first-order valence-corrected chi connectivity index (χ1v) is 11.1. The fourth-order valence-corrected chi connectivity index (χ4v) is 4.61. The molecule has 0 bridgehead atoms. The summed E-state index contributed by atoms with van der Waals surface area (Å²) in [5, 5.41) is 2.67. The average molecular weight is 434 g/mol. The third kappa shape index (κ3) is 5.03. The van der Waals surface area contributed by atoms with Crippen molar-refractivity contribution in [2.75, 3.05) is 11.4 Å². The van der Waals surface area contributed by atoms with E-state index in [1.165, 1.54) is 25.1 Å². The second kappa shape index (κ2) is 8.93. The first-order valence-electron chi connectivity index (χ1n) is 9.61. The smallest absolute Gasteiger partial charge is 0.240 e. The van der Waals surface area contributed by atoms with Gasteiger partial charge in [0.1, 0.15) is 5.82 Å². The number of hydrogen-bond acceptors (Lipinski definition) is 4. The van der Waals surface area contributed by atoms with Crippen molar-refractivity contribution in [3.63, 3.8) is 0 Å². The largest absolute Gasteiger partial charge is 0.352 e. The predicted octanol–water partition coefficient (Wildman–Crippen LogP) is 2.11. The lowest BCUT2D eigenvalue weighted by Gasteiger charge is -2.20. The van der Waals surface area contributed by atoms with Crippen LogP contribution in [-0.2, 0) is 32.6 Å². The van der Waals surface area contributed by atoms with Crippen LogP contribution < -0.4 is 14.9 Å². The first kappa shape index (κ1) is 21.9. The maximum absolute atomic E-state index is 12.9. The summed E-state index contributed by atoms with van der Waals surface area (Å²) in [5.41, 5.74) is 2.28. The third-order valence-corrected chi connectivity index (χ3v) is 6.42. The van der Waals surface area contributed by atoms with Crippen LogP contribution in [0.1, 0.15) is 31.4 Å². The molecule has 0 radical (unpaired) electrons. The van der Waals surface area contributed by atoms with E-state index in [0.717, 1.165) is 16.8 Å². The summed E-state index contributed by atoms with van der Waals surface area (Å²) in [4.78, 5) is 25.5. The zero-order valence-electron chi connectivity index (χ0n) is 16.8. The second-order valence-electron chi connectivity index (χ2n) is 7.28. The lowest BCUT2D eigenvalue weighted by Crippen LogP contribution is -2.33. The molecule has 1 aliphatic heterocycles. The van der Waals surface area contributed by atoms with Gasteiger partial charge in [-0.2, -0.15) is 0 Å². The van der Waals surface area contributed by atoms with Gasteiger partial charge in [0.05, 0.1) is 4.90 Å². The van der Waals surface area contributed by atoms with E-state index in [1.807, 2.05) is 6.92 Å². The normalized spacial score (nSPS) is 15.7. The number of carbonyl (C=O) groups excluding carboxylic acids is 2. The number of fused-ring (bicyclic) bond motifs is 1. The number of carbonyl (C=O) groups is 2. The van der Waals surface area contributed by atoms with Gasteiger partial charge in [0, 0.05) is 38.2 Å². The molecule has 7 nitrogen and oxygen atoms in total. The van der Waals surface area contributed by atoms with E-state index in [2.05, 4.69) is 10.0 Å². The summed E-state index contributed by atoms with van der Waals surface area (Å²) in [6, 6.07) is 10.4. The van der Waals surface area contributed by atoms with Crippen molar-refractivity contribution < 1.29 is 22.4 Å². The van der Waals surface area contributed by atoms with Gasteiger partial charge in [0.25, 0.3) is 0 Å². The van der Waals surface area contributed by atoms with Gasteiger partial charge in [-0.05, 0) is 54.8 Å². The summed E-state index contributed by atoms with van der Waals surface area (Å²) < 4.78 is 40.4. The minimum absolute atomic E-state index is 0.0202. The molecular formula is C21H24FN3O4S. The maximum atomic E-state index is 12.9. The van der Waals surface area contributed by atoms with Crippen molar-refractivity contribution in [1.29, 1.82) is 0 Å². The Morgan fingerprint density at radius 1 is 1.17 bits per heavy atom. The highest BCUT2D eigenvalue weighted by molar-refractivity contribution is 7.89. The number of rotatable bonds is 7. The van der Waals surface area contributed by atoms with E-state index in [0.29, 0.717) is 6.42 Å². The monoisotopic (exact) mass is 433 g/mol. The van der Waals surface area contributed by atoms with Crippen molar-refractivity contribution in [2.24, 2.45) is 0 Å². The molecule has 30 heavy (non-hydrogen) atoms. The Balaban J connectivity index is 1.54. The van der Waals surface area contributed by atoms with Gasteiger partial charge in [-0.25, -0.2) is 17.5 Å². The van der Waals surface area contributed by atoms with E-state index in [9.17, 15) is 22.4 Å². The molecule has 160 valence electrons. The first-order chi connectivity index (χ1) is 14.2. The summed E-state index contributed by atoms with van der Waals surface area (Å²) in [6.45, 7) is 3.59. The molecule has 2 N–H and O–H groups in total. The Morgan fingerprint density at radius 3 is 2.53 bits per heavy atom. The number of sulfonamides is 1. The number of amides is 2. The van der Waals surface area contributed by atoms with Gasteiger partial charge < -0.3 is 10.2 Å². The SMILES string of the molecule is CC(=O)N1c2ccc(S(=O)(=O)NCCC(=O)NCc3ccc(F)cc3)cc2C[C@@H]1C. The molecule has 1 heterocycles. The van der Waals surface area contributed by atoms with Crippen LogP contribution in [0.2, 0.25) is 0 Å². The Hall–Kier alpha value is -2.78. The molecule has 2 aromatic rings. The fourth-order valence-electron chi connectivity index (χ4n) is 3.53. The van der Waals surface area contributed by atoms with Crippen LogP contribution in [0, 0.1) is 5.82 Å². The molecular weight excluding hydrogens is 409 g/mol. The predicted molar refractivity (Wildman–Crippen MR) is 111 cm³/mol. The van der Waals surface area contributed by atoms with E-state index >= 15 is 0 Å². The molecule has 1 aliphatic rings. The molecule has 0 saturated heterocycles. The molecule has 3 rings (SSSR count). The van der Waals surface area contributed by atoms with Crippen molar-refractivity contribution in [2.45, 2.75) is 44.2 Å². The molecule has 9 heteroatoms. The molecule has 0 fully saturated rings. The van der Waals surface area contributed by atoms with Crippen molar-refractivity contribution in [3.8, 4) is 0 Å². The van der Waals surface area contributed by atoms with Crippen LogP contribution in [0.3, 0.4) is 0 Å². The van der Waals surface area contributed by atoms with Gasteiger partial charge in [0.15, 0.2) is 0 Å². The van der Waals surface area contributed by atoms with E-state index in [-0.39, 0.29) is 48.1 Å². The Kier molecular flexibility index (Phi) is 6.52. The lowest BCUT2D eigenvalue weighted by molar-refractivity contribution is -0.121. The van der Waals surface area contributed by atoms with Crippen LogP contribution in [0.5, 0.6) is 0 Å². The number of nitrogens with one attached hydrogen (secondary N) is 2. The quantitative estimate of drug-likeness (QED) is 0.699. The Labute approximate surface area is 175 Å². The zero-order valence-corrected chi connectivity index (χ0v) is 17.6. The fraction of sp³-hybridized carbons (Fsp3) is 0.333. The molecule has 0 saturated carbocycles. The van der Waals surface area contributed by atoms with Gasteiger partial charge in [-0.1, -0.05) is 12.1 Å². The van der Waals surface area contributed by atoms with Gasteiger partial charge in [0.2, 0.25) is 21.8 Å². The lowest BCUT2D eigenvalue weighted by atomic mass is 10.1. The maximum Gasteiger partial charge on any atom is 0.240 e. The van der Waals surface area contributed by atoms with Crippen LogP contribution in [0.15, 0.2) is 47.4 Å². The van der Waals surface area contributed by atoms with Gasteiger partial charge in [-0.15, -0.1) is 0 Å². The minimum Gasteiger partial charge on any atom is -0.352 e. The highest BCUT2D eigenvalue weighted by Crippen LogP contribution is 2.33. The minimum atomic E-state index is -3.78. The summed E-state index contributed by atoms with van der Waals surface area (Å²) in [5.74, 6) is -0.752. The average Bonchev–Trinajstić information content (AvgIpc) is 3.02. The van der Waals surface area contributed by atoms with E-state index in [4.69, 9.17) is 0 Å². The molecule has 0 aliphatic carbocycles. The van der Waals surface area contributed by atoms with E-state index in [1.54, 1.807) is 29.2 Å². The van der Waals surface area contributed by atoms with Crippen LogP contribution >= 0.6 is 0 Å². The number of halogens is 1. The summed E-state index contributed by atoms with van der Waals surface area (Å²) in [7, 11) is -3.78. The summed E-state index contributed by atoms with van der Waals surface area (Å²) in [6.07, 6.45) is 0.560. The van der Waals surface area contributed by atoms with Crippen LogP contribution in [0.25, 0.3) is 0 Å². The van der Waals surface area contributed by atoms with Crippen molar-refractivity contribution >= 4 is 27.5 Å². The Bertz CT molecular complexity index is 1050. The molecule has 2 aromatic carbocycles. The number of nitrogens with zero attached hydrogens (tertiary/aromatic N) is 1. The van der Waals surface area contributed by atoms with Crippen LogP contribution in [0.4, 0.5) is 10.1 Å². The number of anilines is 1. The van der Waals surface area contributed by atoms with Crippen molar-refractivity contribution in [3.05, 3.63) is 59.4 Å². The Morgan fingerprint density at radius 2 is 1.87 bits per heavy atom. The van der Waals surface area contributed by atoms with Crippen molar-refractivity contribution in [1.82, 2.24) is 10.0 Å². The summed E-state index contributed by atoms with van der Waals surface area (Å²) >= 11 is 0. The standard InChI is InChI=1S/C21H24FN3O4S/c1-14-11-17-12-19(7-8-20(17)25(14)15(2)26)30(28,29)24-10-9-21(27)23-13-16-3-5-18(22)6-4-16/h3-8,12,14,24H,9-11,13H2,1-2H3,(H,23,27)/t14-/m0/s1. The molecule has 0 unspecified atom stereocenters. The number of benzene rings is 2. The highest BCUT2D eigenvalue weighted by atomic mass is 32.2.